The number of anilines is 3. The predicted molar refractivity (Wildman–Crippen MR) is 142 cm³/mol. The standard InChI is InChI=1S/C30H23N3O4/c1-17-6-7-20(14-18(17)2)27(34)19-8-11-24(12-9-19)33-29(36)25-13-10-23(16-26(25)30(33)37)32-28(35)21-4-3-5-22(31)15-21/h3-16H,31H2,1-2H3,(H,32,35). The number of nitrogens with two attached hydrogens (primary N) is 1. The van der Waals surface area contributed by atoms with Gasteiger partial charge in [0.25, 0.3) is 17.7 Å². The zero-order valence-corrected chi connectivity index (χ0v) is 20.2. The Labute approximate surface area is 213 Å². The molecule has 3 N–H and O–H groups in total. The molecule has 0 aromatic heterocycles. The smallest absolute Gasteiger partial charge is 0.266 e. The number of carbonyl (C=O) groups is 4. The number of nitrogens with one attached hydrogen (secondary N) is 1. The van der Waals surface area contributed by atoms with Gasteiger partial charge in [0.1, 0.15) is 0 Å². The molecule has 3 amide bonds. The second-order valence-electron chi connectivity index (χ2n) is 8.96. The summed E-state index contributed by atoms with van der Waals surface area (Å²) in [6.07, 6.45) is 0. The zero-order valence-electron chi connectivity index (χ0n) is 20.2. The fourth-order valence-corrected chi connectivity index (χ4v) is 4.25. The Balaban J connectivity index is 1.36. The first-order chi connectivity index (χ1) is 17.7. The van der Waals surface area contributed by atoms with E-state index in [2.05, 4.69) is 5.32 Å². The molecule has 1 aliphatic heterocycles. The fraction of sp³-hybridized carbons (Fsp3) is 0.0667. The first kappa shape index (κ1) is 23.7. The largest absolute Gasteiger partial charge is 0.399 e. The number of carbonyl (C=O) groups excluding carboxylic acids is 4. The number of amides is 3. The van der Waals surface area contributed by atoms with Gasteiger partial charge in [-0.15, -0.1) is 0 Å². The van der Waals surface area contributed by atoms with Crippen molar-refractivity contribution in [1.29, 1.82) is 0 Å². The number of fused-ring (bicyclic) bond motifs is 1. The average molecular weight is 490 g/mol. The molecule has 0 unspecified atom stereocenters. The monoisotopic (exact) mass is 489 g/mol. The summed E-state index contributed by atoms with van der Waals surface area (Å²) >= 11 is 0. The van der Waals surface area contributed by atoms with E-state index in [-0.39, 0.29) is 22.8 Å². The van der Waals surface area contributed by atoms with Crippen molar-refractivity contribution >= 4 is 40.6 Å². The van der Waals surface area contributed by atoms with Gasteiger partial charge < -0.3 is 11.1 Å². The van der Waals surface area contributed by atoms with E-state index in [0.717, 1.165) is 16.0 Å². The fourth-order valence-electron chi connectivity index (χ4n) is 4.25. The van der Waals surface area contributed by atoms with Crippen LogP contribution in [0, 0.1) is 13.8 Å². The number of hydrogen-bond acceptors (Lipinski definition) is 5. The molecular formula is C30H23N3O4. The van der Waals surface area contributed by atoms with E-state index in [1.165, 1.54) is 12.1 Å². The highest BCUT2D eigenvalue weighted by Crippen LogP contribution is 2.31. The Hall–Kier alpha value is -5.04. The zero-order chi connectivity index (χ0) is 26.3. The minimum Gasteiger partial charge on any atom is -0.399 e. The lowest BCUT2D eigenvalue weighted by Crippen LogP contribution is -2.29. The Bertz CT molecular complexity index is 1610. The molecule has 0 radical (unpaired) electrons. The topological polar surface area (TPSA) is 110 Å². The molecule has 0 spiro atoms. The second kappa shape index (κ2) is 9.20. The normalized spacial score (nSPS) is 12.4. The Morgan fingerprint density at radius 2 is 1.41 bits per heavy atom. The van der Waals surface area contributed by atoms with Gasteiger partial charge in [-0.2, -0.15) is 0 Å². The maximum absolute atomic E-state index is 13.2. The van der Waals surface area contributed by atoms with Gasteiger partial charge in [-0.3, -0.25) is 19.2 Å². The maximum Gasteiger partial charge on any atom is 0.266 e. The van der Waals surface area contributed by atoms with Crippen molar-refractivity contribution in [1.82, 2.24) is 0 Å². The average Bonchev–Trinajstić information content (AvgIpc) is 3.14. The van der Waals surface area contributed by atoms with E-state index in [1.807, 2.05) is 26.0 Å². The first-order valence-corrected chi connectivity index (χ1v) is 11.6. The highest BCUT2D eigenvalue weighted by atomic mass is 16.2. The van der Waals surface area contributed by atoms with Crippen molar-refractivity contribution in [2.24, 2.45) is 0 Å². The SMILES string of the molecule is Cc1ccc(C(=O)c2ccc(N3C(=O)c4ccc(NC(=O)c5cccc(N)c5)cc4C3=O)cc2)cc1C. The quantitative estimate of drug-likeness (QED) is 0.228. The molecule has 0 aliphatic carbocycles. The lowest BCUT2D eigenvalue weighted by Gasteiger charge is -2.14. The molecule has 0 bridgehead atoms. The van der Waals surface area contributed by atoms with Crippen LogP contribution in [0.3, 0.4) is 0 Å². The molecule has 0 atom stereocenters. The molecule has 4 aromatic rings. The van der Waals surface area contributed by atoms with Gasteiger partial charge in [-0.1, -0.05) is 18.2 Å². The third kappa shape index (κ3) is 4.38. The lowest BCUT2D eigenvalue weighted by atomic mass is 9.99. The van der Waals surface area contributed by atoms with E-state index in [9.17, 15) is 19.2 Å². The van der Waals surface area contributed by atoms with Gasteiger partial charge in [-0.25, -0.2) is 4.90 Å². The minimum absolute atomic E-state index is 0.141. The highest BCUT2D eigenvalue weighted by molar-refractivity contribution is 6.34. The Morgan fingerprint density at radius 3 is 2.11 bits per heavy atom. The summed E-state index contributed by atoms with van der Waals surface area (Å²) < 4.78 is 0. The summed E-state index contributed by atoms with van der Waals surface area (Å²) in [5, 5.41) is 2.73. The van der Waals surface area contributed by atoms with Crippen LogP contribution in [0.4, 0.5) is 17.1 Å². The van der Waals surface area contributed by atoms with Crippen molar-refractivity contribution in [3.8, 4) is 0 Å². The van der Waals surface area contributed by atoms with Gasteiger partial charge in [0.15, 0.2) is 5.78 Å². The third-order valence-electron chi connectivity index (χ3n) is 6.45. The summed E-state index contributed by atoms with van der Waals surface area (Å²) in [5.74, 6) is -1.50. The lowest BCUT2D eigenvalue weighted by molar-refractivity contribution is 0.0924. The van der Waals surface area contributed by atoms with Gasteiger partial charge in [0, 0.05) is 28.1 Å². The molecule has 7 heteroatoms. The van der Waals surface area contributed by atoms with Gasteiger partial charge in [0.05, 0.1) is 16.8 Å². The molecule has 182 valence electrons. The molecule has 0 saturated carbocycles. The number of rotatable bonds is 5. The number of nitrogens with zero attached hydrogens (tertiary/aromatic N) is 1. The van der Waals surface area contributed by atoms with E-state index in [0.29, 0.717) is 33.8 Å². The van der Waals surface area contributed by atoms with Gasteiger partial charge >= 0.3 is 0 Å². The number of imide groups is 1. The second-order valence-corrected chi connectivity index (χ2v) is 8.96. The molecule has 5 rings (SSSR count). The van der Waals surface area contributed by atoms with Crippen LogP contribution in [0.25, 0.3) is 0 Å². The molecular weight excluding hydrogens is 466 g/mol. The number of ketones is 1. The summed E-state index contributed by atoms with van der Waals surface area (Å²) in [6.45, 7) is 3.93. The van der Waals surface area contributed by atoms with E-state index in [4.69, 9.17) is 5.73 Å². The molecule has 0 saturated heterocycles. The van der Waals surface area contributed by atoms with Crippen LogP contribution in [-0.2, 0) is 0 Å². The number of hydrogen-bond donors (Lipinski definition) is 2. The van der Waals surface area contributed by atoms with Crippen LogP contribution in [0.1, 0.15) is 58.1 Å². The van der Waals surface area contributed by atoms with Crippen molar-refractivity contribution in [2.75, 3.05) is 16.0 Å². The van der Waals surface area contributed by atoms with Crippen molar-refractivity contribution in [2.45, 2.75) is 13.8 Å². The van der Waals surface area contributed by atoms with Crippen molar-refractivity contribution in [3.05, 3.63) is 124 Å². The predicted octanol–water partition coefficient (Wildman–Crippen LogP) is 5.17. The van der Waals surface area contributed by atoms with Crippen molar-refractivity contribution < 1.29 is 19.2 Å². The van der Waals surface area contributed by atoms with Crippen LogP contribution in [0.5, 0.6) is 0 Å². The Morgan fingerprint density at radius 1 is 0.703 bits per heavy atom. The van der Waals surface area contributed by atoms with Crippen LogP contribution in [0.2, 0.25) is 0 Å². The van der Waals surface area contributed by atoms with E-state index < -0.39 is 11.8 Å². The summed E-state index contributed by atoms with van der Waals surface area (Å²) in [4.78, 5) is 52.8. The van der Waals surface area contributed by atoms with Gasteiger partial charge in [0.2, 0.25) is 0 Å². The molecule has 37 heavy (non-hydrogen) atoms. The van der Waals surface area contributed by atoms with E-state index in [1.54, 1.807) is 60.7 Å². The maximum atomic E-state index is 13.2. The third-order valence-corrected chi connectivity index (χ3v) is 6.45. The summed E-state index contributed by atoms with van der Waals surface area (Å²) in [5.41, 5.74) is 10.9. The summed E-state index contributed by atoms with van der Waals surface area (Å²) in [6, 6.07) is 23.0. The number of aryl methyl sites for hydroxylation is 2. The number of benzene rings is 4. The van der Waals surface area contributed by atoms with Crippen LogP contribution in [-0.4, -0.2) is 23.5 Å². The Kier molecular flexibility index (Phi) is 5.89. The molecule has 4 aromatic carbocycles. The molecule has 1 heterocycles. The van der Waals surface area contributed by atoms with Crippen LogP contribution < -0.4 is 16.0 Å². The van der Waals surface area contributed by atoms with Gasteiger partial charge in [-0.05, 0) is 91.7 Å². The highest BCUT2D eigenvalue weighted by Gasteiger charge is 2.37. The first-order valence-electron chi connectivity index (χ1n) is 11.6. The minimum atomic E-state index is -0.506. The molecule has 7 nitrogen and oxygen atoms in total. The molecule has 0 fully saturated rings. The number of nitrogen functional groups attached to an aromatic ring is 1. The van der Waals surface area contributed by atoms with Crippen molar-refractivity contribution in [3.63, 3.8) is 0 Å². The van der Waals surface area contributed by atoms with E-state index >= 15 is 0 Å². The molecule has 1 aliphatic rings. The van der Waals surface area contributed by atoms with Crippen LogP contribution >= 0.6 is 0 Å². The summed E-state index contributed by atoms with van der Waals surface area (Å²) in [7, 11) is 0. The van der Waals surface area contributed by atoms with Crippen LogP contribution in [0.15, 0.2) is 84.9 Å².